The van der Waals surface area contributed by atoms with Gasteiger partial charge in [-0.3, -0.25) is 9.59 Å². The van der Waals surface area contributed by atoms with Crippen molar-refractivity contribution >= 4 is 11.8 Å². The number of piperidine rings is 1. The van der Waals surface area contributed by atoms with Crippen molar-refractivity contribution in [3.8, 4) is 0 Å². The van der Waals surface area contributed by atoms with E-state index >= 15 is 0 Å². The molecule has 5 heteroatoms. The topological polar surface area (TPSA) is 69.6 Å². The summed E-state index contributed by atoms with van der Waals surface area (Å²) in [5.41, 5.74) is 2.75. The molecule has 144 valence electrons. The summed E-state index contributed by atoms with van der Waals surface area (Å²) >= 11 is 0. The standard InChI is InChI=1S/C21H32N2O3/c1-14(2)18(13-24)12-22-20(25)19-7-5-6-8-23(19)21(26)17-10-15(3)9-16(4)11-17/h9-11,14,18-19,24H,5-8,12-13H2,1-4H3,(H,22,25). The van der Waals surface area contributed by atoms with Gasteiger partial charge in [-0.25, -0.2) is 0 Å². The summed E-state index contributed by atoms with van der Waals surface area (Å²) in [5, 5.41) is 12.4. The zero-order valence-corrected chi connectivity index (χ0v) is 16.4. The van der Waals surface area contributed by atoms with E-state index in [2.05, 4.69) is 5.32 Å². The Balaban J connectivity index is 2.11. The fourth-order valence-corrected chi connectivity index (χ4v) is 3.57. The van der Waals surface area contributed by atoms with E-state index in [1.54, 1.807) is 4.90 Å². The average Bonchev–Trinajstić information content (AvgIpc) is 2.60. The van der Waals surface area contributed by atoms with Crippen molar-refractivity contribution in [1.29, 1.82) is 0 Å². The predicted octanol–water partition coefficient (Wildman–Crippen LogP) is 2.68. The van der Waals surface area contributed by atoms with Crippen LogP contribution in [0.15, 0.2) is 18.2 Å². The number of nitrogens with one attached hydrogen (secondary N) is 1. The number of nitrogens with zero attached hydrogens (tertiary/aromatic N) is 1. The molecule has 1 saturated heterocycles. The maximum absolute atomic E-state index is 13.0. The van der Waals surface area contributed by atoms with Crippen molar-refractivity contribution in [3.63, 3.8) is 0 Å². The molecule has 0 aliphatic carbocycles. The maximum Gasteiger partial charge on any atom is 0.254 e. The molecule has 2 amide bonds. The molecule has 26 heavy (non-hydrogen) atoms. The van der Waals surface area contributed by atoms with Crippen molar-refractivity contribution in [2.24, 2.45) is 11.8 Å². The van der Waals surface area contributed by atoms with Crippen molar-refractivity contribution in [3.05, 3.63) is 34.9 Å². The van der Waals surface area contributed by atoms with Crippen LogP contribution >= 0.6 is 0 Å². The van der Waals surface area contributed by atoms with Crippen molar-refractivity contribution in [2.75, 3.05) is 19.7 Å². The Labute approximate surface area is 156 Å². The number of carbonyl (C=O) groups is 2. The van der Waals surface area contributed by atoms with Crippen LogP contribution in [0.4, 0.5) is 0 Å². The predicted molar refractivity (Wildman–Crippen MR) is 103 cm³/mol. The molecule has 2 unspecified atom stereocenters. The minimum atomic E-state index is -0.427. The number of aliphatic hydroxyl groups is 1. The molecule has 1 aromatic carbocycles. The van der Waals surface area contributed by atoms with Crippen LogP contribution in [0.25, 0.3) is 0 Å². The van der Waals surface area contributed by atoms with Gasteiger partial charge in [0.25, 0.3) is 5.91 Å². The fraction of sp³-hybridized carbons (Fsp3) is 0.619. The van der Waals surface area contributed by atoms with E-state index in [0.29, 0.717) is 31.0 Å². The molecule has 2 N–H and O–H groups in total. The second kappa shape index (κ2) is 9.17. The van der Waals surface area contributed by atoms with Crippen molar-refractivity contribution in [2.45, 2.75) is 53.0 Å². The van der Waals surface area contributed by atoms with Gasteiger partial charge in [0.2, 0.25) is 5.91 Å². The number of hydrogen-bond acceptors (Lipinski definition) is 3. The lowest BCUT2D eigenvalue weighted by Crippen LogP contribution is -2.52. The first-order valence-electron chi connectivity index (χ1n) is 9.61. The lowest BCUT2D eigenvalue weighted by Gasteiger charge is -2.35. The van der Waals surface area contributed by atoms with Gasteiger partial charge in [0.1, 0.15) is 6.04 Å². The Hall–Kier alpha value is -1.88. The van der Waals surface area contributed by atoms with E-state index < -0.39 is 6.04 Å². The van der Waals surface area contributed by atoms with Crippen molar-refractivity contribution < 1.29 is 14.7 Å². The number of carbonyl (C=O) groups excluding carboxylic acids is 2. The molecule has 2 atom stereocenters. The molecular weight excluding hydrogens is 328 g/mol. The van der Waals surface area contributed by atoms with E-state index in [1.807, 2.05) is 45.9 Å². The van der Waals surface area contributed by atoms with Gasteiger partial charge < -0.3 is 15.3 Å². The van der Waals surface area contributed by atoms with Gasteiger partial charge in [0.05, 0.1) is 0 Å². The monoisotopic (exact) mass is 360 g/mol. The number of benzene rings is 1. The lowest BCUT2D eigenvalue weighted by molar-refractivity contribution is -0.127. The quantitative estimate of drug-likeness (QED) is 0.819. The Morgan fingerprint density at radius 1 is 1.19 bits per heavy atom. The highest BCUT2D eigenvalue weighted by atomic mass is 16.3. The van der Waals surface area contributed by atoms with Gasteiger partial charge in [-0.2, -0.15) is 0 Å². The third-order valence-electron chi connectivity index (χ3n) is 5.25. The molecule has 5 nitrogen and oxygen atoms in total. The minimum Gasteiger partial charge on any atom is -0.396 e. The summed E-state index contributed by atoms with van der Waals surface area (Å²) in [7, 11) is 0. The van der Waals surface area contributed by atoms with Gasteiger partial charge in [0.15, 0.2) is 0 Å². The molecular formula is C21H32N2O3. The molecule has 0 bridgehead atoms. The van der Waals surface area contributed by atoms with Crippen LogP contribution in [0.3, 0.4) is 0 Å². The largest absolute Gasteiger partial charge is 0.396 e. The zero-order chi connectivity index (χ0) is 19.3. The Kier molecular flexibility index (Phi) is 7.21. The Morgan fingerprint density at radius 2 is 1.85 bits per heavy atom. The van der Waals surface area contributed by atoms with E-state index in [-0.39, 0.29) is 24.3 Å². The highest BCUT2D eigenvalue weighted by Gasteiger charge is 2.33. The highest BCUT2D eigenvalue weighted by Crippen LogP contribution is 2.21. The van der Waals surface area contributed by atoms with Crippen LogP contribution in [0.1, 0.15) is 54.6 Å². The molecule has 0 aromatic heterocycles. The van der Waals surface area contributed by atoms with Crippen LogP contribution in [0.2, 0.25) is 0 Å². The second-order valence-corrected chi connectivity index (χ2v) is 7.82. The first-order chi connectivity index (χ1) is 12.3. The van der Waals surface area contributed by atoms with E-state index in [9.17, 15) is 14.7 Å². The molecule has 0 radical (unpaired) electrons. The van der Waals surface area contributed by atoms with Crippen LogP contribution in [-0.2, 0) is 4.79 Å². The van der Waals surface area contributed by atoms with Gasteiger partial charge in [-0.1, -0.05) is 31.0 Å². The number of amides is 2. The first-order valence-corrected chi connectivity index (χ1v) is 9.61. The number of rotatable bonds is 6. The van der Waals surface area contributed by atoms with Gasteiger partial charge in [-0.05, 0) is 51.2 Å². The highest BCUT2D eigenvalue weighted by molar-refractivity contribution is 5.98. The average molecular weight is 360 g/mol. The number of aryl methyl sites for hydroxylation is 2. The number of likely N-dealkylation sites (tertiary alicyclic amines) is 1. The Bertz CT molecular complexity index is 622. The third kappa shape index (κ3) is 5.07. The molecule has 2 rings (SSSR count). The molecule has 1 fully saturated rings. The summed E-state index contributed by atoms with van der Waals surface area (Å²) in [5.74, 6) is 0.145. The number of hydrogen-bond donors (Lipinski definition) is 2. The van der Waals surface area contributed by atoms with Crippen LogP contribution in [-0.4, -0.2) is 47.6 Å². The molecule has 1 aromatic rings. The molecule has 1 aliphatic rings. The van der Waals surface area contributed by atoms with Crippen LogP contribution in [0.5, 0.6) is 0 Å². The normalized spacial score (nSPS) is 18.7. The maximum atomic E-state index is 13.0. The number of aliphatic hydroxyl groups excluding tert-OH is 1. The fourth-order valence-electron chi connectivity index (χ4n) is 3.57. The van der Waals surface area contributed by atoms with Gasteiger partial charge in [-0.15, -0.1) is 0 Å². The van der Waals surface area contributed by atoms with Crippen molar-refractivity contribution in [1.82, 2.24) is 10.2 Å². The smallest absolute Gasteiger partial charge is 0.254 e. The summed E-state index contributed by atoms with van der Waals surface area (Å²) in [6, 6.07) is 5.39. The second-order valence-electron chi connectivity index (χ2n) is 7.82. The summed E-state index contributed by atoms with van der Waals surface area (Å²) in [6.45, 7) is 9.11. The van der Waals surface area contributed by atoms with E-state index in [4.69, 9.17) is 0 Å². The Morgan fingerprint density at radius 3 is 2.42 bits per heavy atom. The SMILES string of the molecule is Cc1cc(C)cc(C(=O)N2CCCCC2C(=O)NCC(CO)C(C)C)c1. The first kappa shape index (κ1) is 20.4. The van der Waals surface area contributed by atoms with Crippen LogP contribution in [0, 0.1) is 25.7 Å². The van der Waals surface area contributed by atoms with E-state index in [0.717, 1.165) is 24.0 Å². The van der Waals surface area contributed by atoms with Crippen LogP contribution < -0.4 is 5.32 Å². The zero-order valence-electron chi connectivity index (χ0n) is 16.4. The van der Waals surface area contributed by atoms with Gasteiger partial charge in [0, 0.05) is 31.2 Å². The minimum absolute atomic E-state index is 0.0334. The lowest BCUT2D eigenvalue weighted by atomic mass is 9.96. The third-order valence-corrected chi connectivity index (χ3v) is 5.25. The summed E-state index contributed by atoms with van der Waals surface area (Å²) < 4.78 is 0. The molecule has 0 spiro atoms. The van der Waals surface area contributed by atoms with E-state index in [1.165, 1.54) is 0 Å². The summed E-state index contributed by atoms with van der Waals surface area (Å²) in [6.07, 6.45) is 2.56. The molecule has 1 aliphatic heterocycles. The molecule has 1 heterocycles. The summed E-state index contributed by atoms with van der Waals surface area (Å²) in [4.78, 5) is 27.5. The molecule has 0 saturated carbocycles. The van der Waals surface area contributed by atoms with Gasteiger partial charge >= 0.3 is 0 Å².